The van der Waals surface area contributed by atoms with E-state index in [1.54, 1.807) is 0 Å². The van der Waals surface area contributed by atoms with Gasteiger partial charge in [-0.15, -0.1) is 0 Å². The highest BCUT2D eigenvalue weighted by molar-refractivity contribution is 5.80. The van der Waals surface area contributed by atoms with E-state index < -0.39 is 36.9 Å². The number of hydrogen-bond donors (Lipinski definition) is 5. The Kier molecular flexibility index (Phi) is 37.6. The van der Waals surface area contributed by atoms with Gasteiger partial charge in [0.25, 0.3) is 0 Å². The van der Waals surface area contributed by atoms with Crippen LogP contribution in [0.2, 0.25) is 0 Å². The summed E-state index contributed by atoms with van der Waals surface area (Å²) in [5, 5.41) is 43.4. The number of amides is 1. The van der Waals surface area contributed by atoms with Crippen LogP contribution in [0.4, 0.5) is 0 Å². The van der Waals surface area contributed by atoms with Gasteiger partial charge in [-0.2, -0.15) is 0 Å². The lowest BCUT2D eigenvalue weighted by molar-refractivity contribution is -0.132. The van der Waals surface area contributed by atoms with Crippen LogP contribution in [-0.2, 0) is 4.79 Å². The maximum Gasteiger partial charge on any atom is 0.249 e. The molecular weight excluding hydrogens is 622 g/mol. The molecular formula is C44H83NO5. The van der Waals surface area contributed by atoms with Crippen molar-refractivity contribution in [1.29, 1.82) is 0 Å². The molecule has 0 rings (SSSR count). The number of carbonyl (C=O) groups excluding carboxylic acids is 1. The van der Waals surface area contributed by atoms with Crippen molar-refractivity contribution >= 4 is 5.91 Å². The second-order valence-corrected chi connectivity index (χ2v) is 14.7. The molecule has 4 unspecified atom stereocenters. The van der Waals surface area contributed by atoms with Gasteiger partial charge in [0.05, 0.1) is 18.8 Å². The van der Waals surface area contributed by atoms with Crippen LogP contribution < -0.4 is 5.32 Å². The molecule has 0 aromatic rings. The number of carbonyl (C=O) groups is 1. The fraction of sp³-hybridized carbons (Fsp3) is 0.841. The highest BCUT2D eigenvalue weighted by atomic mass is 16.3. The van der Waals surface area contributed by atoms with E-state index in [1.165, 1.54) is 116 Å². The first-order valence-corrected chi connectivity index (χ1v) is 21.4. The minimum Gasteiger partial charge on any atom is -0.394 e. The van der Waals surface area contributed by atoms with Gasteiger partial charge >= 0.3 is 0 Å². The van der Waals surface area contributed by atoms with Gasteiger partial charge < -0.3 is 25.7 Å². The maximum absolute atomic E-state index is 12.4. The zero-order valence-electron chi connectivity index (χ0n) is 32.9. The minimum absolute atomic E-state index is 0.344. The summed E-state index contributed by atoms with van der Waals surface area (Å²) in [6, 6.07) is -1.01. The average Bonchev–Trinajstić information content (AvgIpc) is 3.12. The number of aliphatic hydroxyl groups is 4. The van der Waals surface area contributed by atoms with Crippen molar-refractivity contribution in [2.24, 2.45) is 0 Å². The van der Waals surface area contributed by atoms with E-state index in [0.717, 1.165) is 57.8 Å². The number of allylic oxidation sites excluding steroid dienone is 6. The molecule has 0 bridgehead atoms. The normalized spacial score (nSPS) is 14.6. The highest BCUT2D eigenvalue weighted by Gasteiger charge is 2.28. The van der Waals surface area contributed by atoms with Gasteiger partial charge in [-0.1, -0.05) is 172 Å². The van der Waals surface area contributed by atoms with Crippen molar-refractivity contribution in [3.05, 3.63) is 36.5 Å². The molecule has 0 aromatic carbocycles. The Morgan fingerprint density at radius 2 is 0.860 bits per heavy atom. The van der Waals surface area contributed by atoms with Crippen molar-refractivity contribution in [1.82, 2.24) is 5.32 Å². The number of hydrogen-bond acceptors (Lipinski definition) is 5. The Labute approximate surface area is 309 Å². The summed E-state index contributed by atoms with van der Waals surface area (Å²) in [5.41, 5.74) is 0. The molecule has 4 atom stereocenters. The van der Waals surface area contributed by atoms with Gasteiger partial charge in [-0.25, -0.2) is 0 Å². The Morgan fingerprint density at radius 1 is 0.480 bits per heavy atom. The van der Waals surface area contributed by atoms with Crippen LogP contribution >= 0.6 is 0 Å². The van der Waals surface area contributed by atoms with Crippen molar-refractivity contribution in [3.63, 3.8) is 0 Å². The summed E-state index contributed by atoms with van der Waals surface area (Å²) in [4.78, 5) is 12.4. The lowest BCUT2D eigenvalue weighted by atomic mass is 10.00. The minimum atomic E-state index is -1.29. The van der Waals surface area contributed by atoms with Gasteiger partial charge in [0, 0.05) is 0 Å². The van der Waals surface area contributed by atoms with E-state index in [4.69, 9.17) is 0 Å². The number of rotatable bonds is 38. The van der Waals surface area contributed by atoms with Crippen LogP contribution in [0, 0.1) is 0 Å². The summed E-state index contributed by atoms with van der Waals surface area (Å²) in [7, 11) is 0. The van der Waals surface area contributed by atoms with Crippen molar-refractivity contribution in [2.45, 2.75) is 231 Å². The molecule has 0 fully saturated rings. The molecule has 5 N–H and O–H groups in total. The van der Waals surface area contributed by atoms with E-state index in [-0.39, 0.29) is 0 Å². The van der Waals surface area contributed by atoms with Gasteiger partial charge in [0.1, 0.15) is 12.2 Å². The van der Waals surface area contributed by atoms with Crippen molar-refractivity contribution in [3.8, 4) is 0 Å². The second-order valence-electron chi connectivity index (χ2n) is 14.7. The van der Waals surface area contributed by atoms with E-state index >= 15 is 0 Å². The third-order valence-corrected chi connectivity index (χ3v) is 9.80. The molecule has 0 saturated heterocycles. The quantitative estimate of drug-likeness (QED) is 0.0324. The smallest absolute Gasteiger partial charge is 0.249 e. The molecule has 0 aliphatic carbocycles. The molecule has 6 nitrogen and oxygen atoms in total. The largest absolute Gasteiger partial charge is 0.394 e. The summed E-state index contributed by atoms with van der Waals surface area (Å²) >= 11 is 0. The first-order valence-electron chi connectivity index (χ1n) is 21.4. The molecule has 6 heteroatoms. The zero-order chi connectivity index (χ0) is 36.8. The van der Waals surface area contributed by atoms with Gasteiger partial charge in [-0.3, -0.25) is 4.79 Å². The third-order valence-electron chi connectivity index (χ3n) is 9.80. The van der Waals surface area contributed by atoms with Crippen LogP contribution in [0.3, 0.4) is 0 Å². The summed E-state index contributed by atoms with van der Waals surface area (Å²) < 4.78 is 0. The molecule has 50 heavy (non-hydrogen) atoms. The number of nitrogens with one attached hydrogen (secondary N) is 1. The highest BCUT2D eigenvalue weighted by Crippen LogP contribution is 2.15. The van der Waals surface area contributed by atoms with Crippen molar-refractivity contribution < 1.29 is 25.2 Å². The second kappa shape index (κ2) is 38.8. The maximum atomic E-state index is 12.4. The third kappa shape index (κ3) is 32.4. The molecule has 0 saturated carbocycles. The van der Waals surface area contributed by atoms with Crippen LogP contribution in [0.15, 0.2) is 36.5 Å². The van der Waals surface area contributed by atoms with E-state index in [2.05, 4.69) is 55.6 Å². The molecule has 0 aliphatic rings. The van der Waals surface area contributed by atoms with E-state index in [0.29, 0.717) is 19.3 Å². The van der Waals surface area contributed by atoms with Gasteiger partial charge in [0.2, 0.25) is 5.91 Å². The predicted octanol–water partition coefficient (Wildman–Crippen LogP) is 11.0. The van der Waals surface area contributed by atoms with Crippen LogP contribution in [0.25, 0.3) is 0 Å². The van der Waals surface area contributed by atoms with Gasteiger partial charge in [0.15, 0.2) is 0 Å². The Hall–Kier alpha value is -1.47. The molecule has 294 valence electrons. The SMILES string of the molecule is CCCC/C=C\CCCCCCC(O)C(=O)NC(CO)C(O)C(O)CCC/C=C/CC/C=C/CCCCCCCCCCCCCCCCC. The number of unbranched alkanes of at least 4 members (excludes halogenated alkanes) is 23. The summed E-state index contributed by atoms with van der Waals surface area (Å²) in [6.45, 7) is 3.97. The Morgan fingerprint density at radius 3 is 1.32 bits per heavy atom. The Bertz CT molecular complexity index is 797. The Balaban J connectivity index is 3.77. The average molecular weight is 706 g/mol. The fourth-order valence-electron chi connectivity index (χ4n) is 6.34. The van der Waals surface area contributed by atoms with E-state index in [1.807, 2.05) is 0 Å². The summed E-state index contributed by atoms with van der Waals surface area (Å²) in [5.74, 6) is -0.610. The topological polar surface area (TPSA) is 110 Å². The molecule has 0 aliphatic heterocycles. The first-order chi connectivity index (χ1) is 24.5. The van der Waals surface area contributed by atoms with Crippen LogP contribution in [-0.4, -0.2) is 57.3 Å². The number of aliphatic hydroxyl groups excluding tert-OH is 4. The lowest BCUT2D eigenvalue weighted by Crippen LogP contribution is -2.53. The molecule has 0 aromatic heterocycles. The van der Waals surface area contributed by atoms with E-state index in [9.17, 15) is 25.2 Å². The molecule has 0 radical (unpaired) electrons. The molecule has 0 heterocycles. The predicted molar refractivity (Wildman–Crippen MR) is 214 cm³/mol. The van der Waals surface area contributed by atoms with Gasteiger partial charge in [-0.05, 0) is 70.6 Å². The standard InChI is InChI=1S/C44H83NO5/c1-3-5-7-9-11-13-15-16-17-18-19-20-21-22-23-24-25-26-27-28-30-31-33-35-37-41(47)43(49)40(39-46)45-44(50)42(48)38-36-34-32-29-14-12-10-8-6-4-2/h10,12,25-26,30-31,40-43,46-49H,3-9,11,13-24,27-29,32-39H2,1-2H3,(H,45,50)/b12-10-,26-25+,31-30+. The molecule has 1 amide bonds. The lowest BCUT2D eigenvalue weighted by Gasteiger charge is -2.27. The summed E-state index contributed by atoms with van der Waals surface area (Å²) in [6.07, 6.45) is 44.8. The molecule has 0 spiro atoms. The van der Waals surface area contributed by atoms with Crippen LogP contribution in [0.5, 0.6) is 0 Å². The zero-order valence-corrected chi connectivity index (χ0v) is 32.9. The monoisotopic (exact) mass is 706 g/mol. The fourth-order valence-corrected chi connectivity index (χ4v) is 6.34. The van der Waals surface area contributed by atoms with Crippen molar-refractivity contribution in [2.75, 3.05) is 6.61 Å². The first kappa shape index (κ1) is 48.5. The van der Waals surface area contributed by atoms with Crippen LogP contribution in [0.1, 0.15) is 206 Å².